The lowest BCUT2D eigenvalue weighted by atomic mass is 10.2. The standard InChI is InChI=1S/C25H24ClN3O3/c1-3-18-8-10-20(11-9-18)31-16-21-12-13-23(32-21)25(30)27-24-14-17(2)29(28-24)15-19-6-4-5-7-22(19)26/h4-14H,3,15-16H2,1-2H3,(H,27,28,30). The Morgan fingerprint density at radius 1 is 1.12 bits per heavy atom. The van der Waals surface area contributed by atoms with Crippen LogP contribution < -0.4 is 10.1 Å². The molecule has 0 radical (unpaired) electrons. The molecular weight excluding hydrogens is 426 g/mol. The molecule has 0 fully saturated rings. The maximum Gasteiger partial charge on any atom is 0.292 e. The second kappa shape index (κ2) is 9.75. The molecule has 4 rings (SSSR count). The summed E-state index contributed by atoms with van der Waals surface area (Å²) in [5.74, 6) is 1.60. The topological polar surface area (TPSA) is 69.3 Å². The van der Waals surface area contributed by atoms with Crippen LogP contribution in [-0.2, 0) is 19.6 Å². The van der Waals surface area contributed by atoms with Gasteiger partial charge in [-0.25, -0.2) is 0 Å². The molecule has 0 aliphatic rings. The van der Waals surface area contributed by atoms with E-state index in [9.17, 15) is 4.79 Å². The van der Waals surface area contributed by atoms with E-state index in [1.807, 2.05) is 61.5 Å². The van der Waals surface area contributed by atoms with Crippen LogP contribution in [0, 0.1) is 6.92 Å². The highest BCUT2D eigenvalue weighted by Gasteiger charge is 2.15. The first-order chi connectivity index (χ1) is 15.5. The molecule has 0 spiro atoms. The highest BCUT2D eigenvalue weighted by atomic mass is 35.5. The van der Waals surface area contributed by atoms with E-state index in [-0.39, 0.29) is 18.3 Å². The average Bonchev–Trinajstić information content (AvgIpc) is 3.41. The van der Waals surface area contributed by atoms with Gasteiger partial charge in [-0.15, -0.1) is 0 Å². The number of nitrogens with one attached hydrogen (secondary N) is 1. The zero-order valence-corrected chi connectivity index (χ0v) is 18.7. The number of furan rings is 1. The van der Waals surface area contributed by atoms with Crippen LogP contribution in [-0.4, -0.2) is 15.7 Å². The number of anilines is 1. The third kappa shape index (κ3) is 5.21. The van der Waals surface area contributed by atoms with Crippen molar-refractivity contribution in [2.24, 2.45) is 0 Å². The van der Waals surface area contributed by atoms with E-state index in [0.717, 1.165) is 23.4 Å². The van der Waals surface area contributed by atoms with Crippen molar-refractivity contribution < 1.29 is 13.9 Å². The molecule has 1 N–H and O–H groups in total. The number of hydrogen-bond donors (Lipinski definition) is 1. The number of amides is 1. The fraction of sp³-hybridized carbons (Fsp3) is 0.200. The Morgan fingerprint density at radius 2 is 1.91 bits per heavy atom. The van der Waals surface area contributed by atoms with Crippen molar-refractivity contribution in [3.05, 3.63) is 100 Å². The van der Waals surface area contributed by atoms with Crippen LogP contribution in [0.5, 0.6) is 5.75 Å². The number of rotatable bonds is 8. The molecule has 0 saturated heterocycles. The van der Waals surface area contributed by atoms with Crippen molar-refractivity contribution in [1.82, 2.24) is 9.78 Å². The van der Waals surface area contributed by atoms with E-state index in [0.29, 0.717) is 23.1 Å². The van der Waals surface area contributed by atoms with Gasteiger partial charge in [0.15, 0.2) is 11.6 Å². The second-order valence-electron chi connectivity index (χ2n) is 7.43. The van der Waals surface area contributed by atoms with Gasteiger partial charge in [-0.3, -0.25) is 9.48 Å². The zero-order valence-electron chi connectivity index (χ0n) is 18.0. The number of aryl methyl sites for hydroxylation is 2. The summed E-state index contributed by atoms with van der Waals surface area (Å²) in [5, 5.41) is 7.93. The van der Waals surface area contributed by atoms with Gasteiger partial charge in [-0.1, -0.05) is 48.9 Å². The Kier molecular flexibility index (Phi) is 6.61. The molecule has 0 unspecified atom stereocenters. The van der Waals surface area contributed by atoms with E-state index in [2.05, 4.69) is 17.3 Å². The summed E-state index contributed by atoms with van der Waals surface area (Å²) in [6.45, 7) is 4.79. The van der Waals surface area contributed by atoms with Crippen molar-refractivity contribution in [3.63, 3.8) is 0 Å². The third-order valence-electron chi connectivity index (χ3n) is 5.10. The molecule has 0 saturated carbocycles. The van der Waals surface area contributed by atoms with Crippen molar-refractivity contribution in [1.29, 1.82) is 0 Å². The predicted molar refractivity (Wildman–Crippen MR) is 124 cm³/mol. The SMILES string of the molecule is CCc1ccc(OCc2ccc(C(=O)Nc3cc(C)n(Cc4ccccc4Cl)n3)o2)cc1. The Labute approximate surface area is 191 Å². The number of nitrogens with zero attached hydrogens (tertiary/aromatic N) is 2. The molecule has 0 bridgehead atoms. The highest BCUT2D eigenvalue weighted by molar-refractivity contribution is 6.31. The Morgan fingerprint density at radius 3 is 2.66 bits per heavy atom. The van der Waals surface area contributed by atoms with Gasteiger partial charge < -0.3 is 14.5 Å². The summed E-state index contributed by atoms with van der Waals surface area (Å²) < 4.78 is 13.2. The van der Waals surface area contributed by atoms with Crippen LogP contribution in [0.15, 0.2) is 71.1 Å². The summed E-state index contributed by atoms with van der Waals surface area (Å²) in [6.07, 6.45) is 0.981. The van der Waals surface area contributed by atoms with Gasteiger partial charge in [-0.2, -0.15) is 5.10 Å². The molecule has 0 aliphatic carbocycles. The molecule has 1 amide bonds. The highest BCUT2D eigenvalue weighted by Crippen LogP contribution is 2.19. The summed E-state index contributed by atoms with van der Waals surface area (Å²) >= 11 is 6.24. The number of halogens is 1. The molecule has 164 valence electrons. The fourth-order valence-corrected chi connectivity index (χ4v) is 3.45. The molecule has 2 heterocycles. The van der Waals surface area contributed by atoms with Gasteiger partial charge in [0.2, 0.25) is 0 Å². The number of benzene rings is 2. The van der Waals surface area contributed by atoms with E-state index in [4.69, 9.17) is 20.8 Å². The Balaban J connectivity index is 1.36. The molecule has 7 heteroatoms. The molecule has 4 aromatic rings. The molecular formula is C25H24ClN3O3. The van der Waals surface area contributed by atoms with Crippen molar-refractivity contribution in [3.8, 4) is 5.75 Å². The minimum Gasteiger partial charge on any atom is -0.486 e. The lowest BCUT2D eigenvalue weighted by Crippen LogP contribution is -2.12. The number of carbonyl (C=O) groups is 1. The van der Waals surface area contributed by atoms with Crippen LogP contribution in [0.3, 0.4) is 0 Å². The minimum atomic E-state index is -0.369. The molecule has 2 aromatic carbocycles. The lowest BCUT2D eigenvalue weighted by Gasteiger charge is -2.06. The number of carbonyl (C=O) groups excluding carboxylic acids is 1. The van der Waals surface area contributed by atoms with Crippen LogP contribution in [0.25, 0.3) is 0 Å². The van der Waals surface area contributed by atoms with E-state index in [1.54, 1.807) is 16.8 Å². The quantitative estimate of drug-likeness (QED) is 0.364. The van der Waals surface area contributed by atoms with Crippen molar-refractivity contribution >= 4 is 23.3 Å². The first-order valence-electron chi connectivity index (χ1n) is 10.4. The summed E-state index contributed by atoms with van der Waals surface area (Å²) in [7, 11) is 0. The summed E-state index contributed by atoms with van der Waals surface area (Å²) in [5.41, 5.74) is 3.11. The Hall–Kier alpha value is -3.51. The predicted octanol–water partition coefficient (Wildman–Crippen LogP) is 5.88. The third-order valence-corrected chi connectivity index (χ3v) is 5.47. The van der Waals surface area contributed by atoms with Crippen LogP contribution >= 0.6 is 11.6 Å². The van der Waals surface area contributed by atoms with Gasteiger partial charge in [0, 0.05) is 16.8 Å². The molecule has 2 aromatic heterocycles. The molecule has 6 nitrogen and oxygen atoms in total. The van der Waals surface area contributed by atoms with E-state index < -0.39 is 0 Å². The van der Waals surface area contributed by atoms with Gasteiger partial charge in [0.25, 0.3) is 5.91 Å². The Bertz CT molecular complexity index is 1210. The lowest BCUT2D eigenvalue weighted by molar-refractivity contribution is 0.0992. The van der Waals surface area contributed by atoms with E-state index in [1.165, 1.54) is 5.56 Å². The van der Waals surface area contributed by atoms with E-state index >= 15 is 0 Å². The maximum absolute atomic E-state index is 12.6. The van der Waals surface area contributed by atoms with Gasteiger partial charge >= 0.3 is 0 Å². The minimum absolute atomic E-state index is 0.197. The van der Waals surface area contributed by atoms with Crippen LogP contribution in [0.2, 0.25) is 5.02 Å². The largest absolute Gasteiger partial charge is 0.486 e. The van der Waals surface area contributed by atoms with Gasteiger partial charge in [0.1, 0.15) is 18.1 Å². The molecule has 0 atom stereocenters. The number of aromatic nitrogens is 2. The van der Waals surface area contributed by atoms with Crippen LogP contribution in [0.4, 0.5) is 5.82 Å². The normalized spacial score (nSPS) is 10.8. The second-order valence-corrected chi connectivity index (χ2v) is 7.83. The smallest absolute Gasteiger partial charge is 0.292 e. The molecule has 32 heavy (non-hydrogen) atoms. The van der Waals surface area contributed by atoms with Crippen molar-refractivity contribution in [2.75, 3.05) is 5.32 Å². The van der Waals surface area contributed by atoms with Gasteiger partial charge in [-0.05, 0) is 54.8 Å². The fourth-order valence-electron chi connectivity index (χ4n) is 3.25. The molecule has 0 aliphatic heterocycles. The van der Waals surface area contributed by atoms with Crippen molar-refractivity contribution in [2.45, 2.75) is 33.4 Å². The van der Waals surface area contributed by atoms with Gasteiger partial charge in [0.05, 0.1) is 6.54 Å². The maximum atomic E-state index is 12.6. The first kappa shape index (κ1) is 21.7. The number of hydrogen-bond acceptors (Lipinski definition) is 4. The summed E-state index contributed by atoms with van der Waals surface area (Å²) in [6, 6.07) is 20.7. The first-order valence-corrected chi connectivity index (χ1v) is 10.8. The number of ether oxygens (including phenoxy) is 1. The summed E-state index contributed by atoms with van der Waals surface area (Å²) in [4.78, 5) is 12.6. The van der Waals surface area contributed by atoms with Crippen LogP contribution in [0.1, 0.15) is 40.1 Å². The zero-order chi connectivity index (χ0) is 22.5. The monoisotopic (exact) mass is 449 g/mol. The average molecular weight is 450 g/mol.